The SMILES string of the molecule is NC(=O)CNC(=O)C(=O)NCC(=O)O. The largest absolute Gasteiger partial charge is 0.480 e. The minimum atomic E-state index is -1.28. The third-order valence-electron chi connectivity index (χ3n) is 1.03. The van der Waals surface area contributed by atoms with Crippen LogP contribution in [0.5, 0.6) is 0 Å². The van der Waals surface area contributed by atoms with Gasteiger partial charge >= 0.3 is 17.8 Å². The van der Waals surface area contributed by atoms with Crippen LogP contribution in [0.25, 0.3) is 0 Å². The third-order valence-corrected chi connectivity index (χ3v) is 1.03. The van der Waals surface area contributed by atoms with Crippen molar-refractivity contribution in [2.45, 2.75) is 0 Å². The van der Waals surface area contributed by atoms with Gasteiger partial charge in [-0.25, -0.2) is 0 Å². The fourth-order valence-corrected chi connectivity index (χ4v) is 0.484. The van der Waals surface area contributed by atoms with Crippen molar-refractivity contribution in [3.63, 3.8) is 0 Å². The highest BCUT2D eigenvalue weighted by Crippen LogP contribution is 1.69. The van der Waals surface area contributed by atoms with Crippen molar-refractivity contribution < 1.29 is 24.3 Å². The molecule has 0 spiro atoms. The number of carbonyl (C=O) groups is 4. The Labute approximate surface area is 78.4 Å². The number of nitrogens with one attached hydrogen (secondary N) is 2. The van der Waals surface area contributed by atoms with Crippen molar-refractivity contribution in [3.05, 3.63) is 0 Å². The summed E-state index contributed by atoms with van der Waals surface area (Å²) < 4.78 is 0. The van der Waals surface area contributed by atoms with Gasteiger partial charge in [-0.3, -0.25) is 19.2 Å². The van der Waals surface area contributed by atoms with Crippen molar-refractivity contribution >= 4 is 23.7 Å². The number of primary amides is 1. The highest BCUT2D eigenvalue weighted by Gasteiger charge is 2.13. The number of aliphatic carboxylic acids is 1. The lowest BCUT2D eigenvalue weighted by molar-refractivity contribution is -0.142. The molecule has 14 heavy (non-hydrogen) atoms. The number of hydrogen-bond acceptors (Lipinski definition) is 4. The monoisotopic (exact) mass is 203 g/mol. The zero-order chi connectivity index (χ0) is 11.1. The molecule has 0 aromatic carbocycles. The maximum atomic E-state index is 10.7. The summed E-state index contributed by atoms with van der Waals surface area (Å²) in [7, 11) is 0. The van der Waals surface area contributed by atoms with E-state index in [2.05, 4.69) is 5.73 Å². The molecule has 5 N–H and O–H groups in total. The Balaban J connectivity index is 3.82. The van der Waals surface area contributed by atoms with Crippen molar-refractivity contribution in [1.29, 1.82) is 0 Å². The normalized spacial score (nSPS) is 8.86. The van der Waals surface area contributed by atoms with Crippen molar-refractivity contribution in [3.8, 4) is 0 Å². The van der Waals surface area contributed by atoms with E-state index in [9.17, 15) is 19.2 Å². The molecule has 8 heteroatoms. The Kier molecular flexibility index (Phi) is 4.68. The summed E-state index contributed by atoms with van der Waals surface area (Å²) in [6.45, 7) is -1.14. The van der Waals surface area contributed by atoms with E-state index in [4.69, 9.17) is 5.11 Å². The third kappa shape index (κ3) is 5.52. The lowest BCUT2D eigenvalue weighted by atomic mass is 10.5. The molecular formula is C6H9N3O5. The molecule has 0 heterocycles. The molecule has 0 aliphatic rings. The molecule has 0 radical (unpaired) electrons. The van der Waals surface area contributed by atoms with Crippen LogP contribution in [-0.2, 0) is 19.2 Å². The number of rotatable bonds is 4. The van der Waals surface area contributed by atoms with Crippen LogP contribution in [0.3, 0.4) is 0 Å². The molecule has 0 bridgehead atoms. The highest BCUT2D eigenvalue weighted by atomic mass is 16.4. The van der Waals surface area contributed by atoms with Crippen molar-refractivity contribution in [2.24, 2.45) is 5.73 Å². The van der Waals surface area contributed by atoms with E-state index in [0.717, 1.165) is 0 Å². The molecule has 78 valence electrons. The molecule has 0 aromatic heterocycles. The summed E-state index contributed by atoms with van der Waals surface area (Å²) in [5.41, 5.74) is 4.68. The van der Waals surface area contributed by atoms with Crippen molar-refractivity contribution in [1.82, 2.24) is 10.6 Å². The second-order valence-electron chi connectivity index (χ2n) is 2.23. The second kappa shape index (κ2) is 5.51. The first-order valence-electron chi connectivity index (χ1n) is 3.49. The van der Waals surface area contributed by atoms with Gasteiger partial charge in [0.2, 0.25) is 5.91 Å². The standard InChI is InChI=1S/C6H9N3O5/c7-3(10)1-8-5(13)6(14)9-2-4(11)12/h1-2H2,(H2,7,10)(H,8,13)(H,9,14)(H,11,12). The number of carboxylic acid groups (broad SMARTS) is 1. The molecule has 0 saturated carbocycles. The van der Waals surface area contributed by atoms with E-state index in [1.807, 2.05) is 5.32 Å². The van der Waals surface area contributed by atoms with Crippen LogP contribution in [0.1, 0.15) is 0 Å². The molecule has 0 fully saturated rings. The Morgan fingerprint density at radius 2 is 1.43 bits per heavy atom. The van der Waals surface area contributed by atoms with E-state index < -0.39 is 36.8 Å². The zero-order valence-electron chi connectivity index (χ0n) is 7.07. The summed E-state index contributed by atoms with van der Waals surface area (Å²) >= 11 is 0. The van der Waals surface area contributed by atoms with E-state index >= 15 is 0 Å². The summed E-state index contributed by atoms with van der Waals surface area (Å²) in [5, 5.41) is 11.8. The summed E-state index contributed by atoms with van der Waals surface area (Å²) in [5.74, 6) is -4.32. The Hall–Kier alpha value is -2.12. The van der Waals surface area contributed by atoms with Crippen LogP contribution in [0.4, 0.5) is 0 Å². The number of hydrogen-bond donors (Lipinski definition) is 4. The van der Waals surface area contributed by atoms with Crippen LogP contribution in [0.15, 0.2) is 0 Å². The van der Waals surface area contributed by atoms with E-state index in [-0.39, 0.29) is 0 Å². The van der Waals surface area contributed by atoms with Crippen LogP contribution in [0.2, 0.25) is 0 Å². The Morgan fingerprint density at radius 1 is 1.00 bits per heavy atom. The lowest BCUT2D eigenvalue weighted by Crippen LogP contribution is -2.44. The zero-order valence-corrected chi connectivity index (χ0v) is 7.07. The first-order valence-corrected chi connectivity index (χ1v) is 3.49. The molecule has 0 aliphatic heterocycles. The average molecular weight is 203 g/mol. The van der Waals surface area contributed by atoms with Gasteiger partial charge in [0.15, 0.2) is 0 Å². The number of carbonyl (C=O) groups excluding carboxylic acids is 3. The average Bonchev–Trinajstić information content (AvgIpc) is 2.09. The van der Waals surface area contributed by atoms with Gasteiger partial charge in [-0.1, -0.05) is 0 Å². The number of carboxylic acids is 1. The van der Waals surface area contributed by atoms with Crippen LogP contribution < -0.4 is 16.4 Å². The maximum absolute atomic E-state index is 10.7. The van der Waals surface area contributed by atoms with Gasteiger partial charge < -0.3 is 21.5 Å². The van der Waals surface area contributed by atoms with Gasteiger partial charge in [-0.05, 0) is 0 Å². The van der Waals surface area contributed by atoms with Gasteiger partial charge in [0.05, 0.1) is 6.54 Å². The van der Waals surface area contributed by atoms with Crippen molar-refractivity contribution in [2.75, 3.05) is 13.1 Å². The van der Waals surface area contributed by atoms with Gasteiger partial charge in [0.1, 0.15) is 6.54 Å². The highest BCUT2D eigenvalue weighted by molar-refractivity contribution is 6.35. The minimum absolute atomic E-state index is 0.473. The lowest BCUT2D eigenvalue weighted by Gasteiger charge is -2.01. The predicted octanol–water partition coefficient (Wildman–Crippen LogP) is -3.21. The molecular weight excluding hydrogens is 194 g/mol. The molecule has 0 saturated heterocycles. The van der Waals surface area contributed by atoms with E-state index in [1.165, 1.54) is 0 Å². The minimum Gasteiger partial charge on any atom is -0.480 e. The fraction of sp³-hybridized carbons (Fsp3) is 0.333. The molecule has 3 amide bonds. The van der Waals surface area contributed by atoms with Crippen LogP contribution in [-0.4, -0.2) is 41.9 Å². The van der Waals surface area contributed by atoms with E-state index in [0.29, 0.717) is 0 Å². The number of amides is 3. The van der Waals surface area contributed by atoms with Crippen LogP contribution in [0, 0.1) is 0 Å². The first-order chi connectivity index (χ1) is 6.43. The first kappa shape index (κ1) is 11.9. The molecule has 8 nitrogen and oxygen atoms in total. The fourth-order valence-electron chi connectivity index (χ4n) is 0.484. The maximum Gasteiger partial charge on any atom is 0.322 e. The molecule has 0 aromatic rings. The summed E-state index contributed by atoms with van der Waals surface area (Å²) in [6, 6.07) is 0. The van der Waals surface area contributed by atoms with Gasteiger partial charge in [-0.15, -0.1) is 0 Å². The van der Waals surface area contributed by atoms with Gasteiger partial charge in [-0.2, -0.15) is 0 Å². The van der Waals surface area contributed by atoms with E-state index in [1.54, 1.807) is 5.32 Å². The van der Waals surface area contributed by atoms with Crippen LogP contribution >= 0.6 is 0 Å². The smallest absolute Gasteiger partial charge is 0.322 e. The predicted molar refractivity (Wildman–Crippen MR) is 42.8 cm³/mol. The Bertz CT molecular complexity index is 247. The molecule has 0 rings (SSSR count). The number of nitrogens with two attached hydrogens (primary N) is 1. The summed E-state index contributed by atoms with van der Waals surface area (Å²) in [6.07, 6.45) is 0. The van der Waals surface area contributed by atoms with Gasteiger partial charge in [0, 0.05) is 0 Å². The summed E-state index contributed by atoms with van der Waals surface area (Å²) in [4.78, 5) is 41.6. The molecule has 0 aliphatic carbocycles. The topological polar surface area (TPSA) is 139 Å². The molecule has 0 unspecified atom stereocenters. The Morgan fingerprint density at radius 3 is 1.79 bits per heavy atom. The quantitative estimate of drug-likeness (QED) is 0.356. The molecule has 0 atom stereocenters. The van der Waals surface area contributed by atoms with Gasteiger partial charge in [0.25, 0.3) is 0 Å². The second-order valence-corrected chi connectivity index (χ2v) is 2.23.